The maximum absolute atomic E-state index is 14.6. The Hall–Kier alpha value is -0.880. The molecule has 3 rings (SSSR count). The third-order valence-electron chi connectivity index (χ3n) is 7.94. The quantitative estimate of drug-likeness (QED) is 0.239. The third-order valence-corrected chi connectivity index (χ3v) is 11.5. The van der Waals surface area contributed by atoms with Crippen LogP contribution in [0.1, 0.15) is 59.4 Å². The second-order valence-corrected chi connectivity index (χ2v) is 14.2. The van der Waals surface area contributed by atoms with Crippen LogP contribution < -0.4 is 0 Å². The summed E-state index contributed by atoms with van der Waals surface area (Å²) >= 11 is 13.9. The monoisotopic (exact) mass is 704 g/mol. The van der Waals surface area contributed by atoms with Crippen LogP contribution in [0.25, 0.3) is 0 Å². The van der Waals surface area contributed by atoms with Crippen LogP contribution >= 0.6 is 43.5 Å². The van der Waals surface area contributed by atoms with Crippen molar-refractivity contribution in [3.05, 3.63) is 35.9 Å². The van der Waals surface area contributed by atoms with E-state index < -0.39 is 63.5 Å². The Balaban J connectivity index is 2.10. The van der Waals surface area contributed by atoms with Gasteiger partial charge in [0.2, 0.25) is 0 Å². The lowest BCUT2D eigenvalue weighted by atomic mass is 9.67. The Labute approximate surface area is 248 Å². The lowest BCUT2D eigenvalue weighted by Crippen LogP contribution is -2.67. The molecule has 1 aromatic rings. The summed E-state index contributed by atoms with van der Waals surface area (Å²) in [5.41, 5.74) is -5.93. The predicted molar refractivity (Wildman–Crippen MR) is 147 cm³/mol. The first kappa shape index (κ1) is 32.6. The van der Waals surface area contributed by atoms with Gasteiger partial charge in [0, 0.05) is 48.0 Å². The molecular formula is C27H34Br2ClF3O6. The van der Waals surface area contributed by atoms with E-state index in [0.29, 0.717) is 6.42 Å². The van der Waals surface area contributed by atoms with Gasteiger partial charge in [0.15, 0.2) is 0 Å². The minimum absolute atomic E-state index is 0.135. The fraction of sp³-hybridized carbons (Fsp3) is 0.704. The molecule has 6 nitrogen and oxygen atoms in total. The molecular weight excluding hydrogens is 673 g/mol. The highest BCUT2D eigenvalue weighted by Gasteiger charge is 2.66. The van der Waals surface area contributed by atoms with Gasteiger partial charge in [0.05, 0.1) is 10.5 Å². The zero-order valence-corrected chi connectivity index (χ0v) is 26.5. The van der Waals surface area contributed by atoms with Crippen LogP contribution in [0.3, 0.4) is 0 Å². The van der Waals surface area contributed by atoms with E-state index in [1.165, 1.54) is 37.3 Å². The zero-order valence-electron chi connectivity index (χ0n) is 22.6. The van der Waals surface area contributed by atoms with Crippen LogP contribution in [0.15, 0.2) is 30.3 Å². The molecule has 0 amide bonds. The Morgan fingerprint density at radius 3 is 2.13 bits per heavy atom. The molecule has 1 saturated carbocycles. The third kappa shape index (κ3) is 6.17. The molecule has 1 heterocycles. The van der Waals surface area contributed by atoms with Gasteiger partial charge in [-0.1, -0.05) is 62.2 Å². The van der Waals surface area contributed by atoms with Gasteiger partial charge < -0.3 is 18.9 Å². The second kappa shape index (κ2) is 11.4. The summed E-state index contributed by atoms with van der Waals surface area (Å²) in [7, 11) is 0.823. The van der Waals surface area contributed by atoms with E-state index in [1.54, 1.807) is 6.92 Å². The van der Waals surface area contributed by atoms with Gasteiger partial charge in [0.1, 0.15) is 17.8 Å². The highest BCUT2D eigenvalue weighted by Crippen LogP contribution is 2.53. The Morgan fingerprint density at radius 2 is 1.62 bits per heavy atom. The number of ether oxygens (including phenoxy) is 4. The first-order chi connectivity index (χ1) is 17.8. The molecule has 2 fully saturated rings. The van der Waals surface area contributed by atoms with Gasteiger partial charge >= 0.3 is 18.1 Å². The number of rotatable bonds is 6. The van der Waals surface area contributed by atoms with Gasteiger partial charge in [0.25, 0.3) is 5.60 Å². The average Bonchev–Trinajstić information content (AvgIpc) is 2.79. The molecule has 0 N–H and O–H groups in total. The molecule has 0 bridgehead atoms. The van der Waals surface area contributed by atoms with Crippen molar-refractivity contribution < 1.29 is 41.7 Å². The molecule has 0 aromatic heterocycles. The van der Waals surface area contributed by atoms with E-state index in [4.69, 9.17) is 30.5 Å². The van der Waals surface area contributed by atoms with Crippen molar-refractivity contribution in [2.75, 3.05) is 7.11 Å². The zero-order chi connectivity index (χ0) is 29.6. The van der Waals surface area contributed by atoms with Gasteiger partial charge in [-0.25, -0.2) is 4.79 Å². The number of halogens is 6. The maximum atomic E-state index is 14.6. The van der Waals surface area contributed by atoms with Crippen molar-refractivity contribution in [3.8, 4) is 0 Å². The van der Waals surface area contributed by atoms with E-state index in [9.17, 15) is 22.8 Å². The summed E-state index contributed by atoms with van der Waals surface area (Å²) in [6.07, 6.45) is -6.30. The van der Waals surface area contributed by atoms with Crippen LogP contribution in [-0.2, 0) is 34.1 Å². The fourth-order valence-corrected chi connectivity index (χ4v) is 6.97. The van der Waals surface area contributed by atoms with Crippen molar-refractivity contribution in [2.45, 2.75) is 104 Å². The van der Waals surface area contributed by atoms with Gasteiger partial charge in [-0.3, -0.25) is 4.79 Å². The minimum atomic E-state index is -5.13. The van der Waals surface area contributed by atoms with E-state index in [-0.39, 0.29) is 22.5 Å². The Kier molecular flexibility index (Phi) is 9.56. The predicted octanol–water partition coefficient (Wildman–Crippen LogP) is 6.83. The van der Waals surface area contributed by atoms with Crippen molar-refractivity contribution in [1.82, 2.24) is 0 Å². The summed E-state index contributed by atoms with van der Waals surface area (Å²) in [6.45, 7) is 8.45. The van der Waals surface area contributed by atoms with Crippen molar-refractivity contribution in [3.63, 3.8) is 0 Å². The van der Waals surface area contributed by atoms with Crippen LogP contribution in [0.4, 0.5) is 13.2 Å². The van der Waals surface area contributed by atoms with E-state index >= 15 is 0 Å². The molecule has 220 valence electrons. The molecule has 0 spiro atoms. The fourth-order valence-electron chi connectivity index (χ4n) is 5.71. The molecule has 39 heavy (non-hydrogen) atoms. The van der Waals surface area contributed by atoms with E-state index in [2.05, 4.69) is 31.9 Å². The number of esters is 2. The first-order valence-corrected chi connectivity index (χ1v) is 14.8. The van der Waals surface area contributed by atoms with Crippen LogP contribution in [-0.4, -0.2) is 63.2 Å². The van der Waals surface area contributed by atoms with Crippen molar-refractivity contribution >= 4 is 55.4 Å². The highest BCUT2D eigenvalue weighted by molar-refractivity contribution is 9.09. The molecule has 1 aliphatic heterocycles. The van der Waals surface area contributed by atoms with Crippen LogP contribution in [0.2, 0.25) is 0 Å². The minimum Gasteiger partial charge on any atom is -0.462 e. The lowest BCUT2D eigenvalue weighted by molar-refractivity contribution is -0.294. The summed E-state index contributed by atoms with van der Waals surface area (Å²) in [5, 5.41) is 0. The summed E-state index contributed by atoms with van der Waals surface area (Å²) in [6, 6.07) is 6.64. The van der Waals surface area contributed by atoms with Gasteiger partial charge in [-0.05, 0) is 34.1 Å². The van der Waals surface area contributed by atoms with Crippen LogP contribution in [0.5, 0.6) is 0 Å². The largest absolute Gasteiger partial charge is 0.462 e. The van der Waals surface area contributed by atoms with E-state index in [1.807, 2.05) is 20.8 Å². The molecule has 12 heteroatoms. The molecule has 1 aromatic carbocycles. The van der Waals surface area contributed by atoms with Crippen LogP contribution in [0, 0.1) is 5.92 Å². The summed E-state index contributed by atoms with van der Waals surface area (Å²) in [5.74, 6) is -2.72. The van der Waals surface area contributed by atoms with E-state index in [0.717, 1.165) is 7.11 Å². The maximum Gasteiger partial charge on any atom is 0.432 e. The smallest absolute Gasteiger partial charge is 0.432 e. The number of hydrogen-bond acceptors (Lipinski definition) is 6. The topological polar surface area (TPSA) is 71.1 Å². The van der Waals surface area contributed by atoms with Crippen molar-refractivity contribution in [2.24, 2.45) is 5.92 Å². The number of hydrogen-bond donors (Lipinski definition) is 0. The van der Waals surface area contributed by atoms with Crippen molar-refractivity contribution in [1.29, 1.82) is 0 Å². The molecule has 1 aliphatic carbocycles. The summed E-state index contributed by atoms with van der Waals surface area (Å²) < 4.78 is 66.8. The average molecular weight is 707 g/mol. The molecule has 0 unspecified atom stereocenters. The SMILES string of the molecule is CO[C@](C(=O)O[C@H]1C[C@H](Br)C(C)(C)O[C@@]1(C)[C@H]1C[C@@H](Br)[C@](C)(Cl)C[C@H]1OC(C)=O)(c1ccccc1)C(F)(F)F. The highest BCUT2D eigenvalue weighted by atomic mass is 79.9. The van der Waals surface area contributed by atoms with Gasteiger partial charge in [-0.15, -0.1) is 11.6 Å². The molecule has 0 radical (unpaired) electrons. The summed E-state index contributed by atoms with van der Waals surface area (Å²) in [4.78, 5) is 24.3. The first-order valence-electron chi connectivity index (χ1n) is 12.5. The number of methoxy groups -OCH3 is 1. The normalized spacial score (nSPS) is 36.5. The molecule has 1 saturated heterocycles. The number of carbonyl (C=O) groups is 2. The number of carbonyl (C=O) groups excluding carboxylic acids is 2. The Bertz CT molecular complexity index is 1060. The van der Waals surface area contributed by atoms with Gasteiger partial charge in [-0.2, -0.15) is 13.2 Å². The molecule has 8 atom stereocenters. The lowest BCUT2D eigenvalue weighted by Gasteiger charge is -2.57. The number of alkyl halides is 6. The molecule has 2 aliphatic rings. The standard InChI is InChI=1S/C27H34Br2ClF3O6/c1-15(34)37-18-14-24(4,30)20(29)12-17(18)25(5)21(13-19(28)23(2,3)39-25)38-22(35)26(36-6,27(31,32)33)16-10-8-7-9-11-16/h7-11,17-21H,12-14H2,1-6H3/t17-,18+,19-,20+,21-,24+,25-,26-/m0/s1. The second-order valence-electron chi connectivity index (χ2n) is 11.2. The number of benzene rings is 1. The Morgan fingerprint density at radius 1 is 1.03 bits per heavy atom.